The Balaban J connectivity index is 1.08. The molecule has 0 unspecified atom stereocenters. The van der Waals surface area contributed by atoms with Crippen LogP contribution in [0.2, 0.25) is 0 Å². The lowest BCUT2D eigenvalue weighted by molar-refractivity contribution is 1.18. The Morgan fingerprint density at radius 2 is 0.710 bits per heavy atom. The molecule has 324 valence electrons. The molecule has 2 aromatic heterocycles. The second kappa shape index (κ2) is 16.9. The molecule has 2 heterocycles. The van der Waals surface area contributed by atoms with E-state index in [-0.39, 0.29) is 0 Å². The lowest BCUT2D eigenvalue weighted by atomic mass is 9.87. The van der Waals surface area contributed by atoms with Crippen molar-refractivity contribution in [1.82, 2.24) is 9.13 Å². The average Bonchev–Trinajstić information content (AvgIpc) is 3.94. The summed E-state index contributed by atoms with van der Waals surface area (Å²) in [5, 5.41) is 4.88. The monoisotopic (exact) mass is 879 g/mol. The van der Waals surface area contributed by atoms with E-state index >= 15 is 0 Å². The minimum Gasteiger partial charge on any atom is -0.310 e. The summed E-state index contributed by atoms with van der Waals surface area (Å²) < 4.78 is 4.79. The maximum absolute atomic E-state index is 2.49. The zero-order valence-electron chi connectivity index (χ0n) is 37.8. The summed E-state index contributed by atoms with van der Waals surface area (Å²) in [6.07, 6.45) is 0. The second-order valence-corrected chi connectivity index (χ2v) is 17.7. The van der Waals surface area contributed by atoms with Crippen LogP contribution < -0.4 is 4.90 Å². The van der Waals surface area contributed by atoms with Gasteiger partial charge in [0.25, 0.3) is 0 Å². The normalized spacial score (nSPS) is 11.5. The van der Waals surface area contributed by atoms with Gasteiger partial charge in [0.1, 0.15) is 0 Å². The molecule has 0 fully saturated rings. The van der Waals surface area contributed by atoms with Gasteiger partial charge >= 0.3 is 0 Å². The largest absolute Gasteiger partial charge is 0.310 e. The van der Waals surface area contributed by atoms with Gasteiger partial charge in [-0.2, -0.15) is 0 Å². The van der Waals surface area contributed by atoms with Crippen LogP contribution in [-0.4, -0.2) is 9.13 Å². The molecule has 13 rings (SSSR count). The van der Waals surface area contributed by atoms with E-state index in [1.807, 2.05) is 0 Å². The summed E-state index contributed by atoms with van der Waals surface area (Å²) in [5.41, 5.74) is 19.5. The first-order chi connectivity index (χ1) is 34.3. The predicted octanol–water partition coefficient (Wildman–Crippen LogP) is 18.0. The number of para-hydroxylation sites is 4. The van der Waals surface area contributed by atoms with Gasteiger partial charge in [-0.15, -0.1) is 0 Å². The van der Waals surface area contributed by atoms with Crippen molar-refractivity contribution in [1.29, 1.82) is 0 Å². The van der Waals surface area contributed by atoms with E-state index in [0.29, 0.717) is 0 Å². The van der Waals surface area contributed by atoms with Crippen molar-refractivity contribution < 1.29 is 0 Å². The van der Waals surface area contributed by atoms with E-state index in [1.165, 1.54) is 60.3 Å². The predicted molar refractivity (Wildman–Crippen MR) is 292 cm³/mol. The van der Waals surface area contributed by atoms with Crippen molar-refractivity contribution in [3.63, 3.8) is 0 Å². The van der Waals surface area contributed by atoms with Crippen LogP contribution in [0.5, 0.6) is 0 Å². The fourth-order valence-corrected chi connectivity index (χ4v) is 10.7. The van der Waals surface area contributed by atoms with Gasteiger partial charge < -0.3 is 14.0 Å². The molecule has 0 amide bonds. The first-order valence-electron chi connectivity index (χ1n) is 23.7. The van der Waals surface area contributed by atoms with E-state index < -0.39 is 0 Å². The van der Waals surface area contributed by atoms with Crippen molar-refractivity contribution in [2.45, 2.75) is 0 Å². The van der Waals surface area contributed by atoms with Gasteiger partial charge in [-0.05, 0) is 118 Å². The first kappa shape index (κ1) is 40.1. The molecule has 11 aromatic carbocycles. The highest BCUT2D eigenvalue weighted by atomic mass is 15.1. The fraction of sp³-hybridized carbons (Fsp3) is 0. The molecule has 0 bridgehead atoms. The van der Waals surface area contributed by atoms with Gasteiger partial charge in [-0.25, -0.2) is 0 Å². The van der Waals surface area contributed by atoms with E-state index in [9.17, 15) is 0 Å². The lowest BCUT2D eigenvalue weighted by Crippen LogP contribution is -2.12. The number of nitrogens with zero attached hydrogens (tertiary/aromatic N) is 3. The molecule has 3 nitrogen and oxygen atoms in total. The lowest BCUT2D eigenvalue weighted by Gasteiger charge is -2.30. The van der Waals surface area contributed by atoms with Gasteiger partial charge in [-0.1, -0.05) is 194 Å². The quantitative estimate of drug-likeness (QED) is 0.141. The highest BCUT2D eigenvalue weighted by molar-refractivity contribution is 6.12. The third-order valence-electron chi connectivity index (χ3n) is 13.7. The van der Waals surface area contributed by atoms with E-state index in [2.05, 4.69) is 287 Å². The molecule has 0 atom stereocenters. The standard InChI is InChI=1S/C66H45N3/c1-5-21-46(22-6-1)54-31-13-14-34-59(54)66-55(47-23-7-2-8-24-47)35-20-38-64(66)67(53-40-42-63-60(45-53)57-33-16-18-37-62(57)68(63)50-26-9-3-10-27-50)52-30-19-25-48(43-52)49-39-41-58-56-32-15-17-36-61(56)69(65(58)44-49)51-28-11-4-12-29-51/h1-45H. The molecular weight excluding hydrogens is 835 g/mol. The summed E-state index contributed by atoms with van der Waals surface area (Å²) in [6.45, 7) is 0. The van der Waals surface area contributed by atoms with E-state index in [1.54, 1.807) is 0 Å². The van der Waals surface area contributed by atoms with Crippen molar-refractivity contribution in [3.8, 4) is 55.9 Å². The maximum Gasteiger partial charge on any atom is 0.0547 e. The van der Waals surface area contributed by atoms with Crippen molar-refractivity contribution in [2.24, 2.45) is 0 Å². The Kier molecular flexibility index (Phi) is 9.84. The minimum absolute atomic E-state index is 1.06. The number of benzene rings is 11. The highest BCUT2D eigenvalue weighted by Gasteiger charge is 2.24. The van der Waals surface area contributed by atoms with Crippen LogP contribution >= 0.6 is 0 Å². The molecule has 13 aromatic rings. The molecule has 0 saturated carbocycles. The highest BCUT2D eigenvalue weighted by Crippen LogP contribution is 2.49. The first-order valence-corrected chi connectivity index (χ1v) is 23.7. The van der Waals surface area contributed by atoms with Gasteiger partial charge in [-0.3, -0.25) is 0 Å². The van der Waals surface area contributed by atoms with Crippen molar-refractivity contribution in [2.75, 3.05) is 4.90 Å². The molecule has 0 N–H and O–H groups in total. The molecule has 0 aliphatic carbocycles. The van der Waals surface area contributed by atoms with Crippen LogP contribution in [0.1, 0.15) is 0 Å². The SMILES string of the molecule is c1ccc(-c2ccccc2-c2c(-c3ccccc3)cccc2N(c2cccc(-c3ccc4c5ccccc5n(-c5ccccc5)c4c3)c2)c2ccc3c(c2)c2ccccc2n3-c2ccccc2)cc1. The van der Waals surface area contributed by atoms with Crippen molar-refractivity contribution in [3.05, 3.63) is 273 Å². The second-order valence-electron chi connectivity index (χ2n) is 17.7. The van der Waals surface area contributed by atoms with E-state index in [0.717, 1.165) is 56.2 Å². The Morgan fingerprint density at radius 1 is 0.246 bits per heavy atom. The number of hydrogen-bond acceptors (Lipinski definition) is 1. The summed E-state index contributed by atoms with van der Waals surface area (Å²) in [4.78, 5) is 2.49. The molecule has 0 saturated heterocycles. The Hall–Kier alpha value is -9.18. The van der Waals surface area contributed by atoms with Crippen LogP contribution in [0.4, 0.5) is 17.1 Å². The molecular formula is C66H45N3. The van der Waals surface area contributed by atoms with Crippen LogP contribution in [0.25, 0.3) is 99.5 Å². The summed E-state index contributed by atoms with van der Waals surface area (Å²) in [7, 11) is 0. The molecule has 0 spiro atoms. The average molecular weight is 880 g/mol. The summed E-state index contributed by atoms with van der Waals surface area (Å²) in [6, 6.07) is 99.3. The summed E-state index contributed by atoms with van der Waals surface area (Å²) in [5.74, 6) is 0. The Labute approximate surface area is 401 Å². The molecule has 0 aliphatic rings. The topological polar surface area (TPSA) is 13.1 Å². The Bertz CT molecular complexity index is 4000. The Morgan fingerprint density at radius 3 is 1.39 bits per heavy atom. The number of fused-ring (bicyclic) bond motifs is 6. The third-order valence-corrected chi connectivity index (χ3v) is 13.7. The van der Waals surface area contributed by atoms with Crippen molar-refractivity contribution >= 4 is 60.7 Å². The number of hydrogen-bond donors (Lipinski definition) is 0. The van der Waals surface area contributed by atoms with Gasteiger partial charge in [0.2, 0.25) is 0 Å². The van der Waals surface area contributed by atoms with E-state index in [4.69, 9.17) is 0 Å². The number of anilines is 3. The molecule has 69 heavy (non-hydrogen) atoms. The third kappa shape index (κ3) is 6.91. The fourth-order valence-electron chi connectivity index (χ4n) is 10.7. The molecule has 0 aliphatic heterocycles. The number of rotatable bonds is 9. The van der Waals surface area contributed by atoms with Gasteiger partial charge in [0.05, 0.1) is 27.8 Å². The van der Waals surface area contributed by atoms with Crippen LogP contribution in [-0.2, 0) is 0 Å². The van der Waals surface area contributed by atoms with Crippen LogP contribution in [0, 0.1) is 0 Å². The zero-order chi connectivity index (χ0) is 45.7. The zero-order valence-corrected chi connectivity index (χ0v) is 37.8. The molecule has 0 radical (unpaired) electrons. The van der Waals surface area contributed by atoms with Gasteiger partial charge in [0, 0.05) is 49.9 Å². The summed E-state index contributed by atoms with van der Waals surface area (Å²) >= 11 is 0. The number of aromatic nitrogens is 2. The maximum atomic E-state index is 2.49. The molecule has 3 heteroatoms. The van der Waals surface area contributed by atoms with Crippen LogP contribution in [0.3, 0.4) is 0 Å². The van der Waals surface area contributed by atoms with Crippen LogP contribution in [0.15, 0.2) is 273 Å². The smallest absolute Gasteiger partial charge is 0.0547 e. The van der Waals surface area contributed by atoms with Gasteiger partial charge in [0.15, 0.2) is 0 Å². The minimum atomic E-state index is 1.06.